The number of benzene rings is 3. The molecule has 3 aromatic carbocycles. The number of morpholine rings is 1. The van der Waals surface area contributed by atoms with Crippen LogP contribution in [-0.2, 0) is 27.3 Å². The lowest BCUT2D eigenvalue weighted by Gasteiger charge is -2.27. The van der Waals surface area contributed by atoms with E-state index in [0.717, 1.165) is 22.4 Å². The lowest BCUT2D eigenvalue weighted by atomic mass is 10.1. The minimum atomic E-state index is -0.112. The van der Waals surface area contributed by atoms with E-state index >= 15 is 0 Å². The molecule has 1 heterocycles. The highest BCUT2D eigenvalue weighted by Crippen LogP contribution is 2.21. The van der Waals surface area contributed by atoms with Gasteiger partial charge >= 0.3 is 0 Å². The van der Waals surface area contributed by atoms with Gasteiger partial charge in [-0.15, -0.1) is 0 Å². The molecule has 3 aromatic rings. The van der Waals surface area contributed by atoms with Gasteiger partial charge in [0.25, 0.3) is 5.91 Å². The van der Waals surface area contributed by atoms with Crippen LogP contribution in [0.5, 0.6) is 0 Å². The van der Waals surface area contributed by atoms with Crippen molar-refractivity contribution in [1.29, 1.82) is 0 Å². The Morgan fingerprint density at radius 1 is 0.848 bits per heavy atom. The monoisotopic (exact) mass is 440 g/mol. The van der Waals surface area contributed by atoms with Crippen LogP contribution in [0.1, 0.15) is 16.7 Å². The minimum absolute atomic E-state index is 0.0837. The topological polar surface area (TPSA) is 49.9 Å². The van der Waals surface area contributed by atoms with E-state index in [1.807, 2.05) is 95.9 Å². The Labute approximate surface area is 194 Å². The molecule has 0 radical (unpaired) electrons. The molecule has 0 atom stereocenters. The molecule has 2 amide bonds. The number of amides is 2. The molecule has 0 aromatic heterocycles. The maximum atomic E-state index is 13.3. The van der Waals surface area contributed by atoms with Crippen molar-refractivity contribution in [1.82, 2.24) is 4.90 Å². The summed E-state index contributed by atoms with van der Waals surface area (Å²) in [6.07, 6.45) is 3.73. The van der Waals surface area contributed by atoms with Crippen LogP contribution in [0.15, 0.2) is 91.0 Å². The molecular weight excluding hydrogens is 412 g/mol. The SMILES string of the molecule is O=C(Cc1cccc(N(Cc2ccccc2)C(=O)/C=C/c2ccccc2)c1)N1CCOCC1. The quantitative estimate of drug-likeness (QED) is 0.514. The second-order valence-corrected chi connectivity index (χ2v) is 7.99. The highest BCUT2D eigenvalue weighted by Gasteiger charge is 2.19. The van der Waals surface area contributed by atoms with Crippen molar-refractivity contribution in [3.05, 3.63) is 108 Å². The number of carbonyl (C=O) groups is 2. The Morgan fingerprint density at radius 2 is 1.52 bits per heavy atom. The zero-order valence-corrected chi connectivity index (χ0v) is 18.6. The first-order valence-electron chi connectivity index (χ1n) is 11.2. The summed E-state index contributed by atoms with van der Waals surface area (Å²) < 4.78 is 5.34. The van der Waals surface area contributed by atoms with Crippen LogP contribution >= 0.6 is 0 Å². The maximum Gasteiger partial charge on any atom is 0.251 e. The lowest BCUT2D eigenvalue weighted by molar-refractivity contribution is -0.134. The van der Waals surface area contributed by atoms with E-state index in [0.29, 0.717) is 39.3 Å². The molecule has 168 valence electrons. The largest absolute Gasteiger partial charge is 0.378 e. The van der Waals surface area contributed by atoms with Crippen molar-refractivity contribution in [2.45, 2.75) is 13.0 Å². The first kappa shape index (κ1) is 22.5. The molecule has 1 fully saturated rings. The molecule has 4 rings (SSSR count). The van der Waals surface area contributed by atoms with Crippen molar-refractivity contribution in [3.63, 3.8) is 0 Å². The fourth-order valence-corrected chi connectivity index (χ4v) is 3.82. The first-order chi connectivity index (χ1) is 16.2. The first-order valence-corrected chi connectivity index (χ1v) is 11.2. The van der Waals surface area contributed by atoms with Gasteiger partial charge in [-0.1, -0.05) is 72.8 Å². The summed E-state index contributed by atoms with van der Waals surface area (Å²) >= 11 is 0. The normalized spacial score (nSPS) is 13.8. The van der Waals surface area contributed by atoms with Crippen molar-refractivity contribution in [2.75, 3.05) is 31.2 Å². The number of anilines is 1. The number of carbonyl (C=O) groups excluding carboxylic acids is 2. The molecule has 0 N–H and O–H groups in total. The molecule has 1 aliphatic rings. The third-order valence-corrected chi connectivity index (χ3v) is 5.61. The van der Waals surface area contributed by atoms with E-state index in [1.54, 1.807) is 11.0 Å². The van der Waals surface area contributed by atoms with Crippen molar-refractivity contribution >= 4 is 23.6 Å². The summed E-state index contributed by atoms with van der Waals surface area (Å²) in [5.74, 6) is -0.0280. The highest BCUT2D eigenvalue weighted by atomic mass is 16.5. The standard InChI is InChI=1S/C28H28N2O3/c31-27(15-14-23-8-3-1-4-9-23)30(22-24-10-5-2-6-11-24)26-13-7-12-25(20-26)21-28(32)29-16-18-33-19-17-29/h1-15,20H,16-19,21-22H2/b15-14+. The van der Waals surface area contributed by atoms with Gasteiger partial charge in [0.15, 0.2) is 0 Å². The molecule has 0 bridgehead atoms. The number of hydrogen-bond acceptors (Lipinski definition) is 3. The summed E-state index contributed by atoms with van der Waals surface area (Å²) in [4.78, 5) is 29.6. The fraction of sp³-hybridized carbons (Fsp3) is 0.214. The Balaban J connectivity index is 1.55. The molecular formula is C28H28N2O3. The number of hydrogen-bond donors (Lipinski definition) is 0. The zero-order valence-electron chi connectivity index (χ0n) is 18.6. The summed E-state index contributed by atoms with van der Waals surface area (Å²) in [6, 6.07) is 27.4. The lowest BCUT2D eigenvalue weighted by Crippen LogP contribution is -2.41. The zero-order chi connectivity index (χ0) is 22.9. The predicted molar refractivity (Wildman–Crippen MR) is 131 cm³/mol. The van der Waals surface area contributed by atoms with Crippen LogP contribution in [0, 0.1) is 0 Å². The molecule has 5 heteroatoms. The van der Waals surface area contributed by atoms with Crippen LogP contribution in [0.4, 0.5) is 5.69 Å². The molecule has 1 saturated heterocycles. The van der Waals surface area contributed by atoms with Crippen LogP contribution in [0.3, 0.4) is 0 Å². The summed E-state index contributed by atoms with van der Waals surface area (Å²) in [7, 11) is 0. The van der Waals surface area contributed by atoms with Crippen molar-refractivity contribution in [2.24, 2.45) is 0 Å². The van der Waals surface area contributed by atoms with Crippen LogP contribution in [0.2, 0.25) is 0 Å². The fourth-order valence-electron chi connectivity index (χ4n) is 3.82. The Hall–Kier alpha value is -3.70. The Morgan fingerprint density at radius 3 is 2.24 bits per heavy atom. The molecule has 0 aliphatic carbocycles. The van der Waals surface area contributed by atoms with Crippen LogP contribution in [0.25, 0.3) is 6.08 Å². The van der Waals surface area contributed by atoms with E-state index in [2.05, 4.69) is 0 Å². The van der Waals surface area contributed by atoms with Gasteiger partial charge in [-0.05, 0) is 34.9 Å². The molecule has 0 spiro atoms. The summed E-state index contributed by atoms with van der Waals surface area (Å²) in [5.41, 5.74) is 3.67. The van der Waals surface area contributed by atoms with E-state index in [4.69, 9.17) is 4.74 Å². The third-order valence-electron chi connectivity index (χ3n) is 5.61. The predicted octanol–water partition coefficient (Wildman–Crippen LogP) is 4.33. The Kier molecular flexibility index (Phi) is 7.67. The summed E-state index contributed by atoms with van der Waals surface area (Å²) in [6.45, 7) is 2.86. The van der Waals surface area contributed by atoms with Gasteiger partial charge in [-0.25, -0.2) is 0 Å². The van der Waals surface area contributed by atoms with Crippen molar-refractivity contribution < 1.29 is 14.3 Å². The van der Waals surface area contributed by atoms with E-state index < -0.39 is 0 Å². The number of nitrogens with zero attached hydrogens (tertiary/aromatic N) is 2. The smallest absolute Gasteiger partial charge is 0.251 e. The van der Waals surface area contributed by atoms with E-state index in [-0.39, 0.29) is 11.8 Å². The van der Waals surface area contributed by atoms with Crippen LogP contribution < -0.4 is 4.90 Å². The number of ether oxygens (including phenoxy) is 1. The van der Waals surface area contributed by atoms with Gasteiger partial charge in [-0.3, -0.25) is 9.59 Å². The average Bonchev–Trinajstić information content (AvgIpc) is 2.88. The van der Waals surface area contributed by atoms with Gasteiger partial charge in [0.05, 0.1) is 26.2 Å². The second-order valence-electron chi connectivity index (χ2n) is 7.99. The average molecular weight is 441 g/mol. The molecule has 1 aliphatic heterocycles. The minimum Gasteiger partial charge on any atom is -0.378 e. The van der Waals surface area contributed by atoms with Gasteiger partial charge in [0.2, 0.25) is 5.91 Å². The van der Waals surface area contributed by atoms with E-state index in [1.165, 1.54) is 0 Å². The van der Waals surface area contributed by atoms with E-state index in [9.17, 15) is 9.59 Å². The Bertz CT molecular complexity index is 1090. The highest BCUT2D eigenvalue weighted by molar-refractivity contribution is 6.03. The van der Waals surface area contributed by atoms with Crippen molar-refractivity contribution in [3.8, 4) is 0 Å². The molecule has 33 heavy (non-hydrogen) atoms. The van der Waals surface area contributed by atoms with Gasteiger partial charge in [-0.2, -0.15) is 0 Å². The van der Waals surface area contributed by atoms with Gasteiger partial charge in [0, 0.05) is 24.9 Å². The van der Waals surface area contributed by atoms with Crippen LogP contribution in [-0.4, -0.2) is 43.0 Å². The van der Waals surface area contributed by atoms with Gasteiger partial charge in [0.1, 0.15) is 0 Å². The van der Waals surface area contributed by atoms with Gasteiger partial charge < -0.3 is 14.5 Å². The molecule has 0 unspecified atom stereocenters. The summed E-state index contributed by atoms with van der Waals surface area (Å²) in [5, 5.41) is 0. The molecule has 5 nitrogen and oxygen atoms in total. The second kappa shape index (κ2) is 11.2. The molecule has 0 saturated carbocycles. The maximum absolute atomic E-state index is 13.3. The number of rotatable bonds is 7. The third kappa shape index (κ3) is 6.40.